The third kappa shape index (κ3) is 6.67. The molecule has 38 heavy (non-hydrogen) atoms. The third-order valence-electron chi connectivity index (χ3n) is 6.49. The minimum atomic E-state index is -0.818. The Morgan fingerprint density at radius 2 is 1.53 bits per heavy atom. The molecule has 200 valence electrons. The Bertz CT molecular complexity index is 1240. The maximum atomic E-state index is 13.1. The van der Waals surface area contributed by atoms with E-state index in [1.54, 1.807) is 36.4 Å². The van der Waals surface area contributed by atoms with Gasteiger partial charge in [-0.15, -0.1) is 0 Å². The minimum Gasteiger partial charge on any atom is -0.496 e. The summed E-state index contributed by atoms with van der Waals surface area (Å²) in [5, 5.41) is 6.25. The number of amides is 1. The van der Waals surface area contributed by atoms with Crippen LogP contribution in [0.1, 0.15) is 34.3 Å². The lowest BCUT2D eigenvalue weighted by Crippen LogP contribution is -2.55. The molecule has 1 heterocycles. The average molecular weight is 523 g/mol. The van der Waals surface area contributed by atoms with Gasteiger partial charge < -0.3 is 24.3 Å². The van der Waals surface area contributed by atoms with Crippen molar-refractivity contribution in [3.05, 3.63) is 89.2 Å². The van der Waals surface area contributed by atoms with Gasteiger partial charge in [0, 0.05) is 26.3 Å². The summed E-state index contributed by atoms with van der Waals surface area (Å²) in [6.07, 6.45) is 1.02. The van der Waals surface area contributed by atoms with E-state index in [-0.39, 0.29) is 17.7 Å². The van der Waals surface area contributed by atoms with Gasteiger partial charge in [-0.25, -0.2) is 4.39 Å². The van der Waals surface area contributed by atoms with E-state index < -0.39 is 5.54 Å². The number of rotatable bonds is 10. The number of hydrogen-bond acceptors (Lipinski definition) is 7. The van der Waals surface area contributed by atoms with Gasteiger partial charge in [0.1, 0.15) is 28.6 Å². The quantitative estimate of drug-likeness (QED) is 0.382. The van der Waals surface area contributed by atoms with Gasteiger partial charge >= 0.3 is 5.97 Å². The van der Waals surface area contributed by atoms with E-state index >= 15 is 0 Å². The molecule has 1 amide bonds. The number of nitrogens with one attached hydrogen (secondary N) is 2. The first-order valence-corrected chi connectivity index (χ1v) is 12.3. The Hall–Kier alpha value is -3.95. The number of halogens is 1. The fourth-order valence-corrected chi connectivity index (χ4v) is 4.27. The Kier molecular flexibility index (Phi) is 8.93. The van der Waals surface area contributed by atoms with Crippen LogP contribution in [0.5, 0.6) is 17.2 Å². The Labute approximate surface area is 221 Å². The highest BCUT2D eigenvalue weighted by atomic mass is 19.1. The van der Waals surface area contributed by atoms with Crippen molar-refractivity contribution in [2.45, 2.75) is 31.5 Å². The normalized spacial score (nSPS) is 14.4. The number of ether oxygens (including phenoxy) is 4. The van der Waals surface area contributed by atoms with Crippen molar-refractivity contribution in [1.29, 1.82) is 0 Å². The molecule has 0 radical (unpaired) electrons. The van der Waals surface area contributed by atoms with Crippen LogP contribution in [-0.2, 0) is 27.4 Å². The van der Waals surface area contributed by atoms with Gasteiger partial charge in [-0.2, -0.15) is 0 Å². The molecule has 3 aromatic rings. The number of benzene rings is 3. The van der Waals surface area contributed by atoms with Crippen LogP contribution in [0.3, 0.4) is 0 Å². The molecule has 0 atom stereocenters. The molecule has 9 heteroatoms. The summed E-state index contributed by atoms with van der Waals surface area (Å²) in [6, 6.07) is 18.4. The largest absolute Gasteiger partial charge is 0.496 e. The predicted molar refractivity (Wildman–Crippen MR) is 139 cm³/mol. The first-order valence-electron chi connectivity index (χ1n) is 12.3. The number of carbonyl (C=O) groups is 2. The molecule has 0 unspecified atom stereocenters. The summed E-state index contributed by atoms with van der Waals surface area (Å²) in [7, 11) is 2.89. The summed E-state index contributed by atoms with van der Waals surface area (Å²) in [5.74, 6) is 0.644. The highest BCUT2D eigenvalue weighted by molar-refractivity contribution is 5.97. The minimum absolute atomic E-state index is 0.288. The second-order valence-corrected chi connectivity index (χ2v) is 8.96. The van der Waals surface area contributed by atoms with Crippen LogP contribution < -0.4 is 20.1 Å². The van der Waals surface area contributed by atoms with Crippen molar-refractivity contribution in [2.24, 2.45) is 0 Å². The lowest BCUT2D eigenvalue weighted by Gasteiger charge is -2.35. The van der Waals surface area contributed by atoms with Crippen molar-refractivity contribution >= 4 is 11.9 Å². The fourth-order valence-electron chi connectivity index (χ4n) is 4.27. The van der Waals surface area contributed by atoms with Gasteiger partial charge in [0.15, 0.2) is 0 Å². The molecule has 8 nitrogen and oxygen atoms in total. The van der Waals surface area contributed by atoms with E-state index in [0.717, 1.165) is 11.1 Å². The van der Waals surface area contributed by atoms with Crippen LogP contribution in [0.15, 0.2) is 66.7 Å². The van der Waals surface area contributed by atoms with Gasteiger partial charge in [0.25, 0.3) is 5.91 Å². The second-order valence-electron chi connectivity index (χ2n) is 8.96. The first kappa shape index (κ1) is 27.1. The number of methoxy groups -OCH3 is 2. The topological polar surface area (TPSA) is 95.1 Å². The summed E-state index contributed by atoms with van der Waals surface area (Å²) in [5.41, 5.74) is 1.28. The van der Waals surface area contributed by atoms with E-state index in [4.69, 9.17) is 18.9 Å². The fraction of sp³-hybridized carbons (Fsp3) is 0.310. The number of esters is 1. The SMILES string of the molecule is COC(=O)C1(NCc2ccc(OC)c(C(=O)NCc3ccc(Oc4ccc(F)cc4)cc3)c2)CCOCC1. The zero-order valence-electron chi connectivity index (χ0n) is 21.4. The number of hydrogen-bond donors (Lipinski definition) is 2. The molecule has 1 fully saturated rings. The van der Waals surface area contributed by atoms with Crippen molar-refractivity contribution in [2.75, 3.05) is 27.4 Å². The summed E-state index contributed by atoms with van der Waals surface area (Å²) >= 11 is 0. The lowest BCUT2D eigenvalue weighted by atomic mass is 9.89. The van der Waals surface area contributed by atoms with Crippen LogP contribution in [0.2, 0.25) is 0 Å². The summed E-state index contributed by atoms with van der Waals surface area (Å²) in [6.45, 7) is 1.61. The molecule has 2 N–H and O–H groups in total. The molecule has 0 bridgehead atoms. The van der Waals surface area contributed by atoms with Crippen LogP contribution in [-0.4, -0.2) is 44.8 Å². The van der Waals surface area contributed by atoms with Gasteiger partial charge in [0.2, 0.25) is 0 Å². The molecule has 0 saturated carbocycles. The standard InChI is InChI=1S/C29H31FN2O6/c1-35-26-12-5-21(19-32-29(28(34)36-2)13-15-37-16-14-29)17-25(26)27(33)31-18-20-3-8-23(9-4-20)38-24-10-6-22(30)7-11-24/h3-12,17,32H,13-16,18-19H2,1-2H3,(H,31,33). The first-order chi connectivity index (χ1) is 18.4. The maximum absolute atomic E-state index is 13.1. The van der Waals surface area contributed by atoms with E-state index in [1.165, 1.54) is 26.4 Å². The van der Waals surface area contributed by atoms with Crippen LogP contribution in [0.25, 0.3) is 0 Å². The molecular formula is C29H31FN2O6. The summed E-state index contributed by atoms with van der Waals surface area (Å²) < 4.78 is 34.6. The maximum Gasteiger partial charge on any atom is 0.326 e. The van der Waals surface area contributed by atoms with Crippen LogP contribution >= 0.6 is 0 Å². The average Bonchev–Trinajstić information content (AvgIpc) is 2.96. The molecule has 0 spiro atoms. The van der Waals surface area contributed by atoms with Gasteiger partial charge in [-0.1, -0.05) is 18.2 Å². The Balaban J connectivity index is 1.38. The highest BCUT2D eigenvalue weighted by Crippen LogP contribution is 2.25. The molecule has 0 aromatic heterocycles. The van der Waals surface area contributed by atoms with Gasteiger partial charge in [0.05, 0.1) is 19.8 Å². The van der Waals surface area contributed by atoms with Crippen LogP contribution in [0.4, 0.5) is 4.39 Å². The summed E-state index contributed by atoms with van der Waals surface area (Å²) in [4.78, 5) is 25.5. The molecule has 1 saturated heterocycles. The third-order valence-corrected chi connectivity index (χ3v) is 6.49. The van der Waals surface area contributed by atoms with Crippen LogP contribution in [0, 0.1) is 5.82 Å². The van der Waals surface area contributed by atoms with E-state index in [1.807, 2.05) is 18.2 Å². The van der Waals surface area contributed by atoms with Gasteiger partial charge in [-0.3, -0.25) is 14.9 Å². The molecule has 1 aliphatic rings. The molecular weight excluding hydrogens is 491 g/mol. The van der Waals surface area contributed by atoms with E-state index in [0.29, 0.717) is 62.0 Å². The van der Waals surface area contributed by atoms with Crippen molar-refractivity contribution in [1.82, 2.24) is 10.6 Å². The zero-order chi connectivity index (χ0) is 27.0. The van der Waals surface area contributed by atoms with Crippen molar-refractivity contribution < 1.29 is 32.9 Å². The Morgan fingerprint density at radius 3 is 2.16 bits per heavy atom. The van der Waals surface area contributed by atoms with Gasteiger partial charge in [-0.05, 0) is 72.5 Å². The smallest absolute Gasteiger partial charge is 0.326 e. The molecule has 0 aliphatic carbocycles. The predicted octanol–water partition coefficient (Wildman–Crippen LogP) is 4.37. The number of carbonyl (C=O) groups excluding carboxylic acids is 2. The van der Waals surface area contributed by atoms with E-state index in [9.17, 15) is 14.0 Å². The molecule has 4 rings (SSSR count). The van der Waals surface area contributed by atoms with Crippen molar-refractivity contribution in [3.63, 3.8) is 0 Å². The Morgan fingerprint density at radius 1 is 0.895 bits per heavy atom. The molecule has 1 aliphatic heterocycles. The second kappa shape index (κ2) is 12.5. The monoisotopic (exact) mass is 522 g/mol. The van der Waals surface area contributed by atoms with Crippen molar-refractivity contribution in [3.8, 4) is 17.2 Å². The molecule has 3 aromatic carbocycles. The zero-order valence-corrected chi connectivity index (χ0v) is 21.4. The lowest BCUT2D eigenvalue weighted by molar-refractivity contribution is -0.153. The van der Waals surface area contributed by atoms with E-state index in [2.05, 4.69) is 10.6 Å². The highest BCUT2D eigenvalue weighted by Gasteiger charge is 2.40.